The van der Waals surface area contributed by atoms with Crippen LogP contribution in [-0.4, -0.2) is 34.6 Å². The quantitative estimate of drug-likeness (QED) is 0.555. The van der Waals surface area contributed by atoms with Gasteiger partial charge < -0.3 is 9.47 Å². The van der Waals surface area contributed by atoms with E-state index in [1.165, 1.54) is 0 Å². The van der Waals surface area contributed by atoms with Gasteiger partial charge in [0, 0.05) is 11.5 Å². The Morgan fingerprint density at radius 3 is 1.37 bits per heavy atom. The molecule has 5 heteroatoms. The van der Waals surface area contributed by atoms with Gasteiger partial charge in [-0.3, -0.25) is 9.59 Å². The molecule has 0 amide bonds. The highest BCUT2D eigenvalue weighted by Gasteiger charge is 2.17. The second-order valence-corrected chi connectivity index (χ2v) is 7.51. The fourth-order valence-corrected chi connectivity index (χ4v) is 2.02. The molecule has 0 fully saturated rings. The zero-order valence-electron chi connectivity index (χ0n) is 12.9. The van der Waals surface area contributed by atoms with Gasteiger partial charge in [0.15, 0.2) is 0 Å². The minimum absolute atomic E-state index is 0.197. The predicted octanol–water partition coefficient (Wildman–Crippen LogP) is 3.18. The molecule has 0 rings (SSSR count). The average molecular weight is 290 g/mol. The Kier molecular flexibility index (Phi) is 7.49. The molecule has 4 nitrogen and oxygen atoms in total. The first kappa shape index (κ1) is 18.3. The summed E-state index contributed by atoms with van der Waals surface area (Å²) in [5.74, 6) is 0.935. The molecule has 0 radical (unpaired) electrons. The van der Waals surface area contributed by atoms with Crippen molar-refractivity contribution in [2.45, 2.75) is 65.6 Å². The smallest absolute Gasteiger partial charge is 0.307 e. The first-order valence-corrected chi connectivity index (χ1v) is 7.66. The molecule has 0 atom stereocenters. The van der Waals surface area contributed by atoms with Crippen molar-refractivity contribution < 1.29 is 19.1 Å². The van der Waals surface area contributed by atoms with Crippen LogP contribution in [0.2, 0.25) is 0 Å². The molecular weight excluding hydrogens is 264 g/mol. The zero-order valence-corrected chi connectivity index (χ0v) is 13.7. The first-order chi connectivity index (χ1) is 8.49. The van der Waals surface area contributed by atoms with Gasteiger partial charge in [0.1, 0.15) is 11.2 Å². The zero-order chi connectivity index (χ0) is 15.1. The first-order valence-electron chi connectivity index (χ1n) is 6.51. The summed E-state index contributed by atoms with van der Waals surface area (Å²) in [6.45, 7) is 11.1. The van der Waals surface area contributed by atoms with Crippen molar-refractivity contribution in [1.82, 2.24) is 0 Å². The van der Waals surface area contributed by atoms with Gasteiger partial charge in [0.25, 0.3) is 0 Å². The molecule has 19 heavy (non-hydrogen) atoms. The molecule has 0 unspecified atom stereocenters. The van der Waals surface area contributed by atoms with Crippen molar-refractivity contribution in [3.05, 3.63) is 0 Å². The molecule has 0 aromatic carbocycles. The van der Waals surface area contributed by atoms with Gasteiger partial charge in [0.2, 0.25) is 0 Å². The Bertz CT molecular complexity index is 270. The van der Waals surface area contributed by atoms with Crippen molar-refractivity contribution in [3.8, 4) is 0 Å². The number of carbonyl (C=O) groups excluding carboxylic acids is 2. The molecule has 0 aliphatic rings. The maximum Gasteiger partial charge on any atom is 0.307 e. The van der Waals surface area contributed by atoms with E-state index in [4.69, 9.17) is 9.47 Å². The van der Waals surface area contributed by atoms with Crippen LogP contribution in [0.1, 0.15) is 54.4 Å². The van der Waals surface area contributed by atoms with Crippen LogP contribution in [0.3, 0.4) is 0 Å². The van der Waals surface area contributed by atoms with Crippen LogP contribution in [0.4, 0.5) is 0 Å². The number of hydrogen-bond acceptors (Lipinski definition) is 5. The Labute approximate surface area is 120 Å². The van der Waals surface area contributed by atoms with Crippen LogP contribution >= 0.6 is 11.8 Å². The van der Waals surface area contributed by atoms with Crippen LogP contribution < -0.4 is 0 Å². The van der Waals surface area contributed by atoms with E-state index in [1.54, 1.807) is 11.8 Å². The Morgan fingerprint density at radius 1 is 0.789 bits per heavy atom. The Morgan fingerprint density at radius 2 is 1.11 bits per heavy atom. The lowest BCUT2D eigenvalue weighted by molar-refractivity contribution is -0.155. The summed E-state index contributed by atoms with van der Waals surface area (Å²) in [6, 6.07) is 0. The van der Waals surface area contributed by atoms with E-state index < -0.39 is 11.2 Å². The minimum Gasteiger partial charge on any atom is -0.460 e. The Balaban J connectivity index is 3.61. The summed E-state index contributed by atoms with van der Waals surface area (Å²) in [4.78, 5) is 22.8. The number of esters is 2. The van der Waals surface area contributed by atoms with Crippen molar-refractivity contribution >= 4 is 23.7 Å². The monoisotopic (exact) mass is 290 g/mol. The van der Waals surface area contributed by atoms with Crippen molar-refractivity contribution in [2.24, 2.45) is 0 Å². The van der Waals surface area contributed by atoms with E-state index in [0.29, 0.717) is 24.3 Å². The summed E-state index contributed by atoms with van der Waals surface area (Å²) in [5.41, 5.74) is -0.865. The number of hydrogen-bond donors (Lipinski definition) is 0. The molecule has 0 spiro atoms. The predicted molar refractivity (Wildman–Crippen MR) is 78.2 cm³/mol. The molecule has 0 bridgehead atoms. The van der Waals surface area contributed by atoms with Gasteiger partial charge in [-0.15, -0.1) is 0 Å². The summed E-state index contributed by atoms with van der Waals surface area (Å²) in [5, 5.41) is 0. The average Bonchev–Trinajstić information content (AvgIpc) is 2.10. The molecule has 112 valence electrons. The third-order valence-corrected chi connectivity index (χ3v) is 2.73. The normalized spacial score (nSPS) is 12.1. The number of thioether (sulfide) groups is 1. The largest absolute Gasteiger partial charge is 0.460 e. The summed E-state index contributed by atoms with van der Waals surface area (Å²) in [7, 11) is 0. The standard InChI is InChI=1S/C14H26O4S/c1-13(2,3)17-11(15)7-9-19-10-8-12(16)18-14(4,5)6/h7-10H2,1-6H3. The maximum atomic E-state index is 11.4. The lowest BCUT2D eigenvalue weighted by Gasteiger charge is -2.19. The second-order valence-electron chi connectivity index (χ2n) is 6.29. The van der Waals surface area contributed by atoms with Gasteiger partial charge in [-0.2, -0.15) is 11.8 Å². The van der Waals surface area contributed by atoms with Crippen LogP contribution in [0, 0.1) is 0 Å². The van der Waals surface area contributed by atoms with E-state index in [1.807, 2.05) is 41.5 Å². The molecule has 0 aromatic rings. The highest BCUT2D eigenvalue weighted by molar-refractivity contribution is 7.99. The van der Waals surface area contributed by atoms with E-state index in [2.05, 4.69) is 0 Å². The molecule has 0 aliphatic heterocycles. The fourth-order valence-electron chi connectivity index (χ4n) is 1.20. The third-order valence-electron chi connectivity index (χ3n) is 1.74. The summed E-state index contributed by atoms with van der Waals surface area (Å²) < 4.78 is 10.4. The van der Waals surface area contributed by atoms with Gasteiger partial charge in [-0.05, 0) is 41.5 Å². The summed E-state index contributed by atoms with van der Waals surface area (Å²) in [6.07, 6.45) is 0.743. The van der Waals surface area contributed by atoms with E-state index in [9.17, 15) is 9.59 Å². The van der Waals surface area contributed by atoms with Crippen LogP contribution in [0.15, 0.2) is 0 Å². The van der Waals surface area contributed by atoms with E-state index in [0.717, 1.165) is 0 Å². The second kappa shape index (κ2) is 7.78. The number of rotatable bonds is 6. The highest BCUT2D eigenvalue weighted by atomic mass is 32.2. The van der Waals surface area contributed by atoms with Crippen molar-refractivity contribution in [1.29, 1.82) is 0 Å². The molecule has 0 saturated heterocycles. The number of ether oxygens (including phenoxy) is 2. The lowest BCUT2D eigenvalue weighted by atomic mass is 10.2. The van der Waals surface area contributed by atoms with E-state index >= 15 is 0 Å². The van der Waals surface area contributed by atoms with Crippen LogP contribution in [0.5, 0.6) is 0 Å². The van der Waals surface area contributed by atoms with Gasteiger partial charge in [-0.25, -0.2) is 0 Å². The Hall–Kier alpha value is -0.710. The third kappa shape index (κ3) is 13.5. The van der Waals surface area contributed by atoms with Crippen molar-refractivity contribution in [3.63, 3.8) is 0 Å². The molecule has 0 heterocycles. The van der Waals surface area contributed by atoms with Crippen LogP contribution in [-0.2, 0) is 19.1 Å². The molecule has 0 aromatic heterocycles. The van der Waals surface area contributed by atoms with Crippen LogP contribution in [0.25, 0.3) is 0 Å². The van der Waals surface area contributed by atoms with Gasteiger partial charge in [-0.1, -0.05) is 0 Å². The molecule has 0 aliphatic carbocycles. The van der Waals surface area contributed by atoms with E-state index in [-0.39, 0.29) is 11.9 Å². The molecule has 0 saturated carbocycles. The highest BCUT2D eigenvalue weighted by Crippen LogP contribution is 2.13. The fraction of sp³-hybridized carbons (Fsp3) is 0.857. The topological polar surface area (TPSA) is 52.6 Å². The summed E-state index contributed by atoms with van der Waals surface area (Å²) >= 11 is 1.56. The maximum absolute atomic E-state index is 11.4. The number of carbonyl (C=O) groups is 2. The minimum atomic E-state index is -0.432. The SMILES string of the molecule is CC(C)(C)OC(=O)CCSCCC(=O)OC(C)(C)C. The lowest BCUT2D eigenvalue weighted by Crippen LogP contribution is -2.24. The van der Waals surface area contributed by atoms with Gasteiger partial charge >= 0.3 is 11.9 Å². The van der Waals surface area contributed by atoms with Crippen molar-refractivity contribution in [2.75, 3.05) is 11.5 Å². The molecule has 0 N–H and O–H groups in total. The molecular formula is C14H26O4S. The van der Waals surface area contributed by atoms with Gasteiger partial charge in [0.05, 0.1) is 12.8 Å².